The molecule has 9 heteroatoms. The minimum absolute atomic E-state index is 0.0492. The van der Waals surface area contributed by atoms with Gasteiger partial charge in [-0.3, -0.25) is 14.4 Å². The predicted octanol–water partition coefficient (Wildman–Crippen LogP) is 3.89. The lowest BCUT2D eigenvalue weighted by molar-refractivity contribution is 0.591. The third-order valence-corrected chi connectivity index (χ3v) is 7.85. The van der Waals surface area contributed by atoms with Crippen LogP contribution in [-0.2, 0) is 20.0 Å². The van der Waals surface area contributed by atoms with Gasteiger partial charge in [0.2, 0.25) is 0 Å². The van der Waals surface area contributed by atoms with Gasteiger partial charge in [0.15, 0.2) is 0 Å². The Morgan fingerprint density at radius 3 is 2.13 bits per heavy atom. The van der Waals surface area contributed by atoms with Crippen LogP contribution in [0.5, 0.6) is 0 Å². The molecule has 0 bridgehead atoms. The number of fused-ring (bicyclic) bond motifs is 1. The summed E-state index contributed by atoms with van der Waals surface area (Å²) in [6.07, 6.45) is 3.48. The zero-order chi connectivity index (χ0) is 21.9. The Hall–Kier alpha value is -2.91. The Kier molecular flexibility index (Phi) is 5.97. The first-order valence-electron chi connectivity index (χ1n) is 10.0. The van der Waals surface area contributed by atoms with Crippen molar-refractivity contribution in [2.24, 2.45) is 4.99 Å². The molecule has 162 valence electrons. The van der Waals surface area contributed by atoms with Gasteiger partial charge in [0, 0.05) is 18.7 Å². The van der Waals surface area contributed by atoms with Gasteiger partial charge in [-0.25, -0.2) is 16.8 Å². The Labute approximate surface area is 182 Å². The van der Waals surface area contributed by atoms with E-state index < -0.39 is 20.0 Å². The van der Waals surface area contributed by atoms with Crippen LogP contribution >= 0.6 is 0 Å². The molecule has 0 aliphatic carbocycles. The molecule has 7 nitrogen and oxygen atoms in total. The molecule has 0 aromatic heterocycles. The molecule has 4 rings (SSSR count). The normalized spacial score (nSPS) is 15.2. The second-order valence-electron chi connectivity index (χ2n) is 7.38. The maximum atomic E-state index is 12.8. The van der Waals surface area contributed by atoms with Crippen LogP contribution in [0.3, 0.4) is 0 Å². The highest BCUT2D eigenvalue weighted by atomic mass is 32.2. The first-order valence-corrected chi connectivity index (χ1v) is 13.0. The molecule has 1 aliphatic rings. The van der Waals surface area contributed by atoms with Gasteiger partial charge in [-0.1, -0.05) is 36.8 Å². The van der Waals surface area contributed by atoms with Crippen molar-refractivity contribution in [2.45, 2.75) is 35.5 Å². The summed E-state index contributed by atoms with van der Waals surface area (Å²) in [6, 6.07) is 18.0. The standard InChI is InChI=1S/C22H23N3O4S2/c26-30(27,25-22-8-2-1-5-15-23-22)20-13-10-19(11-14-20)24-31(28,29)21-12-9-17-6-3-4-7-18(17)16-21/h3-4,6-7,9-14,16,24H,1-2,5,8,15H2,(H,23,25). The van der Waals surface area contributed by atoms with Crippen molar-refractivity contribution in [2.75, 3.05) is 11.3 Å². The molecular formula is C22H23N3O4S2. The number of aliphatic imine (C=N–C) groups is 1. The van der Waals surface area contributed by atoms with E-state index in [1.807, 2.05) is 24.3 Å². The smallest absolute Gasteiger partial charge is 0.262 e. The van der Waals surface area contributed by atoms with Gasteiger partial charge in [0.05, 0.1) is 9.79 Å². The highest BCUT2D eigenvalue weighted by Crippen LogP contribution is 2.22. The van der Waals surface area contributed by atoms with Crippen molar-refractivity contribution >= 4 is 42.3 Å². The van der Waals surface area contributed by atoms with E-state index in [9.17, 15) is 16.8 Å². The SMILES string of the molecule is O=S(=O)(NC1=NCCCCC1)c1ccc(NS(=O)(=O)c2ccc3ccccc3c2)cc1. The molecule has 2 N–H and O–H groups in total. The number of nitrogens with one attached hydrogen (secondary N) is 2. The first-order chi connectivity index (χ1) is 14.8. The molecule has 0 saturated heterocycles. The van der Waals surface area contributed by atoms with Crippen LogP contribution in [0.4, 0.5) is 5.69 Å². The zero-order valence-electron chi connectivity index (χ0n) is 16.8. The molecule has 3 aromatic rings. The van der Waals surface area contributed by atoms with Gasteiger partial charge >= 0.3 is 0 Å². The maximum absolute atomic E-state index is 12.8. The van der Waals surface area contributed by atoms with Gasteiger partial charge in [-0.05, 0) is 60.0 Å². The highest BCUT2D eigenvalue weighted by Gasteiger charge is 2.19. The first kappa shape index (κ1) is 21.3. The molecule has 3 aromatic carbocycles. The molecule has 0 fully saturated rings. The lowest BCUT2D eigenvalue weighted by atomic mass is 10.1. The Morgan fingerprint density at radius 2 is 1.35 bits per heavy atom. The van der Waals surface area contributed by atoms with E-state index >= 15 is 0 Å². The van der Waals surface area contributed by atoms with Gasteiger partial charge in [0.1, 0.15) is 5.84 Å². The molecule has 1 heterocycles. The lowest BCUT2D eigenvalue weighted by Crippen LogP contribution is -2.30. The lowest BCUT2D eigenvalue weighted by Gasteiger charge is -2.12. The van der Waals surface area contributed by atoms with Gasteiger partial charge in [-0.15, -0.1) is 0 Å². The quantitative estimate of drug-likeness (QED) is 0.606. The summed E-state index contributed by atoms with van der Waals surface area (Å²) in [4.78, 5) is 4.47. The average Bonchev–Trinajstić information content (AvgIpc) is 3.01. The molecule has 0 spiro atoms. The van der Waals surface area contributed by atoms with E-state index in [1.54, 1.807) is 18.2 Å². The van der Waals surface area contributed by atoms with Crippen LogP contribution in [0.2, 0.25) is 0 Å². The number of benzene rings is 3. The fourth-order valence-electron chi connectivity index (χ4n) is 3.42. The summed E-state index contributed by atoms with van der Waals surface area (Å²) in [7, 11) is -7.59. The van der Waals surface area contributed by atoms with E-state index in [0.29, 0.717) is 18.8 Å². The van der Waals surface area contributed by atoms with Gasteiger partial charge in [-0.2, -0.15) is 0 Å². The second kappa shape index (κ2) is 8.68. The molecule has 0 radical (unpaired) electrons. The minimum atomic E-state index is -3.81. The molecule has 0 amide bonds. The number of sulfonamides is 2. The highest BCUT2D eigenvalue weighted by molar-refractivity contribution is 7.92. The number of rotatable bonds is 5. The zero-order valence-corrected chi connectivity index (χ0v) is 18.4. The number of anilines is 1. The van der Waals surface area contributed by atoms with Crippen molar-refractivity contribution in [3.63, 3.8) is 0 Å². The fraction of sp³-hybridized carbons (Fsp3) is 0.227. The van der Waals surface area contributed by atoms with Crippen LogP contribution in [0.15, 0.2) is 81.5 Å². The topological polar surface area (TPSA) is 105 Å². The number of hydrogen-bond donors (Lipinski definition) is 2. The summed E-state index contributed by atoms with van der Waals surface area (Å²) in [6.45, 7) is 0.618. The Bertz CT molecular complexity index is 1330. The van der Waals surface area contributed by atoms with Crippen LogP contribution in [0, 0.1) is 0 Å². The van der Waals surface area contributed by atoms with Crippen molar-refractivity contribution in [3.8, 4) is 0 Å². The number of amidine groups is 1. The monoisotopic (exact) mass is 457 g/mol. The molecule has 1 aliphatic heterocycles. The molecule has 0 saturated carbocycles. The van der Waals surface area contributed by atoms with Crippen molar-refractivity contribution < 1.29 is 16.8 Å². The van der Waals surface area contributed by atoms with Crippen molar-refractivity contribution in [3.05, 3.63) is 66.7 Å². The van der Waals surface area contributed by atoms with E-state index in [1.165, 1.54) is 24.3 Å². The van der Waals surface area contributed by atoms with E-state index in [2.05, 4.69) is 14.4 Å². The largest absolute Gasteiger partial charge is 0.280 e. The van der Waals surface area contributed by atoms with Crippen LogP contribution in [0.25, 0.3) is 10.8 Å². The van der Waals surface area contributed by atoms with Crippen LogP contribution < -0.4 is 9.44 Å². The summed E-state index contributed by atoms with van der Waals surface area (Å²) < 4.78 is 55.8. The fourth-order valence-corrected chi connectivity index (χ4v) is 5.60. The molecule has 31 heavy (non-hydrogen) atoms. The molecule has 0 atom stereocenters. The van der Waals surface area contributed by atoms with Crippen LogP contribution in [-0.4, -0.2) is 29.2 Å². The Morgan fingerprint density at radius 1 is 0.677 bits per heavy atom. The van der Waals surface area contributed by atoms with Crippen molar-refractivity contribution in [1.29, 1.82) is 0 Å². The summed E-state index contributed by atoms with van der Waals surface area (Å²) in [5.41, 5.74) is 0.277. The van der Waals surface area contributed by atoms with Crippen LogP contribution in [0.1, 0.15) is 25.7 Å². The van der Waals surface area contributed by atoms with E-state index in [4.69, 9.17) is 0 Å². The van der Waals surface area contributed by atoms with Gasteiger partial charge in [0.25, 0.3) is 20.0 Å². The second-order valence-corrected chi connectivity index (χ2v) is 10.7. The average molecular weight is 458 g/mol. The Balaban J connectivity index is 1.51. The molecule has 0 unspecified atom stereocenters. The predicted molar refractivity (Wildman–Crippen MR) is 122 cm³/mol. The number of hydrogen-bond acceptors (Lipinski definition) is 5. The van der Waals surface area contributed by atoms with E-state index in [-0.39, 0.29) is 15.5 Å². The summed E-state index contributed by atoms with van der Waals surface area (Å²) >= 11 is 0. The minimum Gasteiger partial charge on any atom is -0.280 e. The van der Waals surface area contributed by atoms with E-state index in [0.717, 1.165) is 30.0 Å². The summed E-state index contributed by atoms with van der Waals surface area (Å²) in [5.74, 6) is 0.471. The third-order valence-electron chi connectivity index (χ3n) is 5.07. The third kappa shape index (κ3) is 5.05. The molecular weight excluding hydrogens is 434 g/mol. The van der Waals surface area contributed by atoms with Crippen molar-refractivity contribution in [1.82, 2.24) is 4.72 Å². The maximum Gasteiger partial charge on any atom is 0.262 e. The van der Waals surface area contributed by atoms with Gasteiger partial charge < -0.3 is 0 Å². The number of nitrogens with zero attached hydrogens (tertiary/aromatic N) is 1. The summed E-state index contributed by atoms with van der Waals surface area (Å²) in [5, 5.41) is 1.76.